The van der Waals surface area contributed by atoms with Gasteiger partial charge < -0.3 is 20.4 Å². The number of nitrogens with one attached hydrogen (secondary N) is 1. The van der Waals surface area contributed by atoms with E-state index < -0.39 is 0 Å². The van der Waals surface area contributed by atoms with Gasteiger partial charge in [-0.25, -0.2) is 9.97 Å². The summed E-state index contributed by atoms with van der Waals surface area (Å²) in [7, 11) is 0. The first-order chi connectivity index (χ1) is 17.6. The molecule has 3 aliphatic rings. The molecule has 0 bridgehead atoms. The number of rotatable bonds is 6. The average Bonchev–Trinajstić information content (AvgIpc) is 2.94. The summed E-state index contributed by atoms with van der Waals surface area (Å²) in [6, 6.07) is 4.68. The highest BCUT2D eigenvalue weighted by molar-refractivity contribution is 5.95. The number of benzene rings is 1. The minimum atomic E-state index is -0.170. The zero-order chi connectivity index (χ0) is 24.9. The lowest BCUT2D eigenvalue weighted by molar-refractivity contribution is 0.0722. The zero-order valence-electron chi connectivity index (χ0n) is 20.4. The van der Waals surface area contributed by atoms with Gasteiger partial charge in [0, 0.05) is 31.7 Å². The lowest BCUT2D eigenvalue weighted by atomic mass is 9.87. The van der Waals surface area contributed by atoms with Gasteiger partial charge >= 0.3 is 0 Å². The van der Waals surface area contributed by atoms with Gasteiger partial charge in [0.2, 0.25) is 5.95 Å². The third-order valence-electron chi connectivity index (χ3n) is 7.02. The SMILES string of the molecule is O=C(c1cnc(NCc2ccc(O)c(O)c2)nc1C1C=CC(C2=CC=CCC2)=CC1)N1CCCCC1. The number of phenols is 2. The van der Waals surface area contributed by atoms with Crippen LogP contribution in [0.1, 0.15) is 66.1 Å². The van der Waals surface area contributed by atoms with E-state index in [4.69, 9.17) is 4.98 Å². The summed E-state index contributed by atoms with van der Waals surface area (Å²) in [5.74, 6) is 0.0869. The molecule has 3 N–H and O–H groups in total. The van der Waals surface area contributed by atoms with E-state index in [1.807, 2.05) is 4.90 Å². The minimum Gasteiger partial charge on any atom is -0.504 e. The lowest BCUT2D eigenvalue weighted by Gasteiger charge is -2.28. The first kappa shape index (κ1) is 23.9. The predicted octanol–water partition coefficient (Wildman–Crippen LogP) is 5.37. The van der Waals surface area contributed by atoms with Gasteiger partial charge in [-0.3, -0.25) is 4.79 Å². The van der Waals surface area contributed by atoms with Crippen molar-refractivity contribution < 1.29 is 15.0 Å². The largest absolute Gasteiger partial charge is 0.504 e. The molecule has 7 heteroatoms. The molecular formula is C29H32N4O3. The number of hydrogen-bond donors (Lipinski definition) is 3. The molecular weight excluding hydrogens is 452 g/mol. The van der Waals surface area contributed by atoms with E-state index in [2.05, 4.69) is 46.8 Å². The highest BCUT2D eigenvalue weighted by Gasteiger charge is 2.26. The fourth-order valence-electron chi connectivity index (χ4n) is 4.96. The van der Waals surface area contributed by atoms with Crippen molar-refractivity contribution in [3.8, 4) is 11.5 Å². The van der Waals surface area contributed by atoms with Crippen molar-refractivity contribution >= 4 is 11.9 Å². The van der Waals surface area contributed by atoms with Gasteiger partial charge in [-0.2, -0.15) is 0 Å². The molecule has 2 aromatic rings. The number of amides is 1. The Morgan fingerprint density at radius 2 is 2.00 bits per heavy atom. The van der Waals surface area contributed by atoms with E-state index in [0.717, 1.165) is 62.9 Å². The molecule has 0 radical (unpaired) electrons. The van der Waals surface area contributed by atoms with E-state index in [-0.39, 0.29) is 23.3 Å². The van der Waals surface area contributed by atoms with Crippen molar-refractivity contribution in [2.45, 2.75) is 51.0 Å². The molecule has 186 valence electrons. The van der Waals surface area contributed by atoms with Gasteiger partial charge in [-0.15, -0.1) is 0 Å². The third kappa shape index (κ3) is 5.35. The van der Waals surface area contributed by atoms with Crippen LogP contribution in [0.5, 0.6) is 11.5 Å². The van der Waals surface area contributed by atoms with Crippen molar-refractivity contribution in [2.75, 3.05) is 18.4 Å². The molecule has 0 saturated carbocycles. The second-order valence-electron chi connectivity index (χ2n) is 9.54. The van der Waals surface area contributed by atoms with Crippen LogP contribution in [-0.2, 0) is 6.54 Å². The smallest absolute Gasteiger partial charge is 0.257 e. The number of hydrogen-bond acceptors (Lipinski definition) is 6. The summed E-state index contributed by atoms with van der Waals surface area (Å²) in [6.07, 6.45) is 20.8. The maximum Gasteiger partial charge on any atom is 0.257 e. The Bertz CT molecular complexity index is 1260. The Morgan fingerprint density at radius 1 is 1.14 bits per heavy atom. The van der Waals surface area contributed by atoms with Crippen LogP contribution in [0, 0.1) is 0 Å². The van der Waals surface area contributed by atoms with Crippen LogP contribution in [-0.4, -0.2) is 44.1 Å². The number of carbonyl (C=O) groups is 1. The molecule has 5 rings (SSSR count). The molecule has 1 aromatic carbocycles. The highest BCUT2D eigenvalue weighted by Crippen LogP contribution is 2.33. The second-order valence-corrected chi connectivity index (χ2v) is 9.54. The molecule has 2 aliphatic carbocycles. The Kier molecular flexibility index (Phi) is 7.16. The monoisotopic (exact) mass is 484 g/mol. The molecule has 1 unspecified atom stereocenters. The summed E-state index contributed by atoms with van der Waals surface area (Å²) in [6.45, 7) is 1.92. The lowest BCUT2D eigenvalue weighted by Crippen LogP contribution is -2.36. The Balaban J connectivity index is 1.39. The summed E-state index contributed by atoms with van der Waals surface area (Å²) in [4.78, 5) is 24.6. The topological polar surface area (TPSA) is 98.6 Å². The second kappa shape index (κ2) is 10.8. The first-order valence-electron chi connectivity index (χ1n) is 12.7. The number of phenolic OH excluding ortho intramolecular Hbond substituents is 2. The summed E-state index contributed by atoms with van der Waals surface area (Å²) in [5, 5.41) is 22.5. The van der Waals surface area contributed by atoms with E-state index in [1.54, 1.807) is 12.3 Å². The van der Waals surface area contributed by atoms with Crippen molar-refractivity contribution in [3.63, 3.8) is 0 Å². The van der Waals surface area contributed by atoms with Gasteiger partial charge in [0.25, 0.3) is 5.91 Å². The van der Waals surface area contributed by atoms with Crippen LogP contribution in [0.2, 0.25) is 0 Å². The number of likely N-dealkylation sites (tertiary alicyclic amines) is 1. The third-order valence-corrected chi connectivity index (χ3v) is 7.02. The van der Waals surface area contributed by atoms with Crippen LogP contribution in [0.15, 0.2) is 72.0 Å². The number of carbonyl (C=O) groups excluding carboxylic acids is 1. The molecule has 2 heterocycles. The predicted molar refractivity (Wildman–Crippen MR) is 140 cm³/mol. The van der Waals surface area contributed by atoms with E-state index >= 15 is 0 Å². The average molecular weight is 485 g/mol. The van der Waals surface area contributed by atoms with E-state index in [1.165, 1.54) is 23.3 Å². The van der Waals surface area contributed by atoms with Crippen LogP contribution >= 0.6 is 0 Å². The maximum atomic E-state index is 13.5. The molecule has 1 atom stereocenters. The van der Waals surface area contributed by atoms with Crippen LogP contribution in [0.3, 0.4) is 0 Å². The van der Waals surface area contributed by atoms with Crippen molar-refractivity contribution in [3.05, 3.63) is 88.8 Å². The van der Waals surface area contributed by atoms with Crippen LogP contribution < -0.4 is 5.32 Å². The van der Waals surface area contributed by atoms with E-state index in [0.29, 0.717) is 18.1 Å². The van der Waals surface area contributed by atoms with Crippen LogP contribution in [0.4, 0.5) is 5.95 Å². The Labute approximate surface area is 211 Å². The normalized spacial score (nSPS) is 19.6. The first-order valence-corrected chi connectivity index (χ1v) is 12.7. The highest BCUT2D eigenvalue weighted by atomic mass is 16.3. The number of aromatic hydroxyl groups is 2. The Morgan fingerprint density at radius 3 is 2.72 bits per heavy atom. The molecule has 1 aliphatic heterocycles. The quantitative estimate of drug-likeness (QED) is 0.477. The Hall–Kier alpha value is -3.87. The summed E-state index contributed by atoms with van der Waals surface area (Å²) in [5.41, 5.74) is 4.68. The van der Waals surface area contributed by atoms with Gasteiger partial charge in [0.15, 0.2) is 11.5 Å². The van der Waals surface area contributed by atoms with E-state index in [9.17, 15) is 15.0 Å². The molecule has 36 heavy (non-hydrogen) atoms. The van der Waals surface area contributed by atoms with Crippen molar-refractivity contribution in [1.29, 1.82) is 0 Å². The van der Waals surface area contributed by atoms with Crippen molar-refractivity contribution in [1.82, 2.24) is 14.9 Å². The molecule has 1 amide bonds. The molecule has 1 saturated heterocycles. The molecule has 0 spiro atoms. The number of allylic oxidation sites excluding steroid dienone is 8. The number of anilines is 1. The molecule has 1 aromatic heterocycles. The number of piperidine rings is 1. The van der Waals surface area contributed by atoms with Crippen molar-refractivity contribution in [2.24, 2.45) is 0 Å². The van der Waals surface area contributed by atoms with Gasteiger partial charge in [-0.1, -0.05) is 42.5 Å². The standard InChI is InChI=1S/C29H32N4O3/c34-25-14-9-20(17-26(25)35)18-30-29-31-19-24(28(36)33-15-5-2-6-16-33)27(32-29)23-12-10-22(11-13-23)21-7-3-1-4-8-21/h1,3,7,9-12,14,17,19,23,34-35H,2,4-6,8,13,15-16,18H2,(H,30,31,32). The molecule has 7 nitrogen and oxygen atoms in total. The minimum absolute atomic E-state index is 0.00279. The zero-order valence-corrected chi connectivity index (χ0v) is 20.4. The number of aromatic nitrogens is 2. The van der Waals surface area contributed by atoms with Gasteiger partial charge in [-0.05, 0) is 67.4 Å². The van der Waals surface area contributed by atoms with Gasteiger partial charge in [0.1, 0.15) is 0 Å². The maximum absolute atomic E-state index is 13.5. The van der Waals surface area contributed by atoms with Crippen LogP contribution in [0.25, 0.3) is 0 Å². The summed E-state index contributed by atoms with van der Waals surface area (Å²) >= 11 is 0. The van der Waals surface area contributed by atoms with Gasteiger partial charge in [0.05, 0.1) is 11.3 Å². The summed E-state index contributed by atoms with van der Waals surface area (Å²) < 4.78 is 0. The number of nitrogens with zero attached hydrogens (tertiary/aromatic N) is 3. The fourth-order valence-corrected chi connectivity index (χ4v) is 4.96. The fraction of sp³-hybridized carbons (Fsp3) is 0.345. The molecule has 1 fully saturated rings.